The molecule has 1 aromatic carbocycles. The fourth-order valence-corrected chi connectivity index (χ4v) is 1.61. The number of aryl methyl sites for hydroxylation is 1. The lowest BCUT2D eigenvalue weighted by atomic mass is 10.1. The maximum Gasteiger partial charge on any atom is 0.153 e. The molecule has 1 atom stereocenters. The van der Waals surface area contributed by atoms with E-state index in [0.717, 1.165) is 11.3 Å². The predicted molar refractivity (Wildman–Crippen MR) is 60.1 cm³/mol. The van der Waals surface area contributed by atoms with Crippen molar-refractivity contribution in [2.45, 2.75) is 6.42 Å². The van der Waals surface area contributed by atoms with Crippen LogP contribution in [0.1, 0.15) is 5.56 Å². The van der Waals surface area contributed by atoms with Crippen molar-refractivity contribution < 1.29 is 8.76 Å². The van der Waals surface area contributed by atoms with Gasteiger partial charge in [0, 0.05) is 19.8 Å². The third-order valence-electron chi connectivity index (χ3n) is 1.99. The number of hydrogen-bond acceptors (Lipinski definition) is 2. The first-order valence-corrected chi connectivity index (χ1v) is 5.71. The van der Waals surface area contributed by atoms with Gasteiger partial charge in [-0.25, -0.2) is 4.21 Å². The molecule has 3 nitrogen and oxygen atoms in total. The van der Waals surface area contributed by atoms with Crippen LogP contribution in [-0.2, 0) is 17.5 Å². The predicted octanol–water partition coefficient (Wildman–Crippen LogP) is 1.52. The first-order valence-electron chi connectivity index (χ1n) is 4.43. The fourth-order valence-electron chi connectivity index (χ4n) is 1.20. The summed E-state index contributed by atoms with van der Waals surface area (Å²) in [5.74, 6) is 0.302. The highest BCUT2D eigenvalue weighted by Crippen LogP contribution is 2.13. The van der Waals surface area contributed by atoms with E-state index in [9.17, 15) is 4.21 Å². The molecule has 78 valence electrons. The summed E-state index contributed by atoms with van der Waals surface area (Å²) in [7, 11) is 3.95. The van der Waals surface area contributed by atoms with Crippen molar-refractivity contribution in [3.63, 3.8) is 0 Å². The molecule has 1 N–H and O–H groups in total. The van der Waals surface area contributed by atoms with Crippen molar-refractivity contribution in [3.8, 4) is 0 Å². The van der Waals surface area contributed by atoms with Crippen molar-refractivity contribution in [2.75, 3.05) is 24.7 Å². The zero-order valence-corrected chi connectivity index (χ0v) is 9.25. The average Bonchev–Trinajstić information content (AvgIpc) is 2.15. The van der Waals surface area contributed by atoms with Crippen LogP contribution in [0.2, 0.25) is 0 Å². The lowest BCUT2D eigenvalue weighted by Crippen LogP contribution is -2.09. The van der Waals surface area contributed by atoms with Crippen LogP contribution in [0.4, 0.5) is 5.69 Å². The summed E-state index contributed by atoms with van der Waals surface area (Å²) in [6.45, 7) is 0. The minimum atomic E-state index is -1.70. The van der Waals surface area contributed by atoms with Gasteiger partial charge in [-0.3, -0.25) is 0 Å². The van der Waals surface area contributed by atoms with E-state index >= 15 is 0 Å². The van der Waals surface area contributed by atoms with Gasteiger partial charge in [0.25, 0.3) is 0 Å². The molecule has 0 aliphatic heterocycles. The summed E-state index contributed by atoms with van der Waals surface area (Å²) in [5, 5.41) is 0. The lowest BCUT2D eigenvalue weighted by Gasteiger charge is -2.13. The van der Waals surface area contributed by atoms with Gasteiger partial charge in [-0.05, 0) is 24.1 Å². The normalized spacial score (nSPS) is 12.5. The number of rotatable bonds is 4. The van der Waals surface area contributed by atoms with Crippen LogP contribution in [0.15, 0.2) is 24.3 Å². The SMILES string of the molecule is CN(C)c1cccc(CCS(=O)O)c1. The molecule has 0 bridgehead atoms. The molecule has 0 aliphatic carbocycles. The van der Waals surface area contributed by atoms with E-state index in [1.54, 1.807) is 0 Å². The Kier molecular flexibility index (Phi) is 4.10. The molecule has 0 saturated heterocycles. The number of nitrogens with zero attached hydrogens (tertiary/aromatic N) is 1. The highest BCUT2D eigenvalue weighted by molar-refractivity contribution is 7.79. The molecular weight excluding hydrogens is 198 g/mol. The zero-order chi connectivity index (χ0) is 10.6. The van der Waals surface area contributed by atoms with Crippen LogP contribution in [0.25, 0.3) is 0 Å². The van der Waals surface area contributed by atoms with Gasteiger partial charge in [0.1, 0.15) is 0 Å². The molecule has 0 saturated carbocycles. The minimum absolute atomic E-state index is 0.302. The fraction of sp³-hybridized carbons (Fsp3) is 0.400. The zero-order valence-electron chi connectivity index (χ0n) is 8.43. The summed E-state index contributed by atoms with van der Waals surface area (Å²) >= 11 is -1.70. The Morgan fingerprint density at radius 2 is 2.14 bits per heavy atom. The van der Waals surface area contributed by atoms with Gasteiger partial charge in [0.2, 0.25) is 0 Å². The van der Waals surface area contributed by atoms with Crippen LogP contribution in [0.3, 0.4) is 0 Å². The molecule has 1 rings (SSSR count). The highest BCUT2D eigenvalue weighted by atomic mass is 32.2. The Hall–Kier alpha value is -0.870. The van der Waals surface area contributed by atoms with Crippen molar-refractivity contribution in [1.29, 1.82) is 0 Å². The first kappa shape index (κ1) is 11.2. The molecule has 0 aromatic heterocycles. The maximum absolute atomic E-state index is 10.5. The molecule has 1 unspecified atom stereocenters. The second-order valence-electron chi connectivity index (χ2n) is 3.34. The van der Waals surface area contributed by atoms with Gasteiger partial charge >= 0.3 is 0 Å². The van der Waals surface area contributed by atoms with E-state index in [-0.39, 0.29) is 0 Å². The number of benzene rings is 1. The van der Waals surface area contributed by atoms with Crippen LogP contribution >= 0.6 is 0 Å². The van der Waals surface area contributed by atoms with Crippen LogP contribution in [-0.4, -0.2) is 28.6 Å². The molecule has 0 radical (unpaired) electrons. The van der Waals surface area contributed by atoms with Gasteiger partial charge in [-0.1, -0.05) is 12.1 Å². The first-order chi connectivity index (χ1) is 6.59. The van der Waals surface area contributed by atoms with E-state index in [2.05, 4.69) is 0 Å². The Bertz CT molecular complexity index is 326. The summed E-state index contributed by atoms with van der Waals surface area (Å²) in [5.41, 5.74) is 2.21. The van der Waals surface area contributed by atoms with Crippen molar-refractivity contribution in [1.82, 2.24) is 0 Å². The van der Waals surface area contributed by atoms with Gasteiger partial charge in [0.15, 0.2) is 11.1 Å². The lowest BCUT2D eigenvalue weighted by molar-refractivity contribution is 0.563. The van der Waals surface area contributed by atoms with Crippen LogP contribution in [0.5, 0.6) is 0 Å². The molecule has 0 aliphatic rings. The van der Waals surface area contributed by atoms with Crippen LogP contribution in [0, 0.1) is 0 Å². The van der Waals surface area contributed by atoms with E-state index in [4.69, 9.17) is 4.55 Å². The van der Waals surface area contributed by atoms with Gasteiger partial charge < -0.3 is 9.45 Å². The van der Waals surface area contributed by atoms with Crippen LogP contribution < -0.4 is 4.90 Å². The molecule has 0 amide bonds. The summed E-state index contributed by atoms with van der Waals surface area (Å²) in [6.07, 6.45) is 0.644. The Balaban J connectivity index is 2.68. The number of hydrogen-bond donors (Lipinski definition) is 1. The van der Waals surface area contributed by atoms with E-state index < -0.39 is 11.1 Å². The molecule has 4 heteroatoms. The highest BCUT2D eigenvalue weighted by Gasteiger charge is 1.99. The maximum atomic E-state index is 10.5. The topological polar surface area (TPSA) is 40.5 Å². The van der Waals surface area contributed by atoms with Gasteiger partial charge in [-0.2, -0.15) is 0 Å². The molecule has 0 fully saturated rings. The van der Waals surface area contributed by atoms with E-state index in [1.165, 1.54) is 0 Å². The Labute approximate surface area is 87.0 Å². The summed E-state index contributed by atoms with van der Waals surface area (Å²) < 4.78 is 19.1. The smallest absolute Gasteiger partial charge is 0.153 e. The molecule has 0 heterocycles. The largest absolute Gasteiger partial charge is 0.378 e. The summed E-state index contributed by atoms with van der Waals surface area (Å²) in [6, 6.07) is 7.98. The second kappa shape index (κ2) is 5.12. The third-order valence-corrected chi connectivity index (χ3v) is 2.55. The third kappa shape index (κ3) is 3.47. The average molecular weight is 213 g/mol. The quantitative estimate of drug-likeness (QED) is 0.771. The van der Waals surface area contributed by atoms with Gasteiger partial charge in [-0.15, -0.1) is 0 Å². The second-order valence-corrected chi connectivity index (χ2v) is 4.39. The van der Waals surface area contributed by atoms with E-state index in [0.29, 0.717) is 12.2 Å². The molecule has 14 heavy (non-hydrogen) atoms. The van der Waals surface area contributed by atoms with Crippen molar-refractivity contribution in [3.05, 3.63) is 29.8 Å². The summed E-state index contributed by atoms with van der Waals surface area (Å²) in [4.78, 5) is 2.01. The standard InChI is InChI=1S/C10H15NO2S/c1-11(2)10-5-3-4-9(8-10)6-7-14(12)13/h3-5,8H,6-7H2,1-2H3,(H,12,13). The van der Waals surface area contributed by atoms with E-state index in [1.807, 2.05) is 43.3 Å². The Morgan fingerprint density at radius 3 is 2.71 bits per heavy atom. The molecule has 0 spiro atoms. The monoisotopic (exact) mass is 213 g/mol. The Morgan fingerprint density at radius 1 is 1.43 bits per heavy atom. The van der Waals surface area contributed by atoms with Crippen molar-refractivity contribution >= 4 is 16.8 Å². The molecule has 1 aromatic rings. The van der Waals surface area contributed by atoms with Gasteiger partial charge in [0.05, 0.1) is 5.75 Å². The number of anilines is 1. The van der Waals surface area contributed by atoms with Crippen molar-refractivity contribution in [2.24, 2.45) is 0 Å². The minimum Gasteiger partial charge on any atom is -0.378 e. The molecular formula is C10H15NO2S.